The topological polar surface area (TPSA) is 78.1 Å². The molecule has 0 fully saturated rings. The number of anilines is 3. The van der Waals surface area contributed by atoms with Gasteiger partial charge in [-0.2, -0.15) is 0 Å². The molecule has 0 aromatic heterocycles. The van der Waals surface area contributed by atoms with Gasteiger partial charge in [-0.05, 0) is 83.7 Å². The maximum Gasteiger partial charge on any atom is 0.0382 e. The Morgan fingerprint density at radius 3 is 1.39 bits per heavy atom. The molecule has 36 heavy (non-hydrogen) atoms. The number of benzene rings is 3. The van der Waals surface area contributed by atoms with Gasteiger partial charge in [0, 0.05) is 28.9 Å². The van der Waals surface area contributed by atoms with Crippen molar-refractivity contribution in [3.63, 3.8) is 0 Å². The van der Waals surface area contributed by atoms with E-state index in [-0.39, 0.29) is 5.92 Å². The van der Waals surface area contributed by atoms with E-state index in [9.17, 15) is 0 Å². The van der Waals surface area contributed by atoms with Gasteiger partial charge in [-0.25, -0.2) is 0 Å². The van der Waals surface area contributed by atoms with Crippen LogP contribution in [-0.2, 0) is 0 Å². The lowest BCUT2D eigenvalue weighted by atomic mass is 9.73. The fourth-order valence-corrected chi connectivity index (χ4v) is 6.04. The number of nitrogens with two attached hydrogens (primary N) is 3. The summed E-state index contributed by atoms with van der Waals surface area (Å²) in [6.07, 6.45) is 4.44. The van der Waals surface area contributed by atoms with Crippen molar-refractivity contribution < 1.29 is 0 Å². The highest BCUT2D eigenvalue weighted by Crippen LogP contribution is 2.44. The third kappa shape index (κ3) is 5.56. The summed E-state index contributed by atoms with van der Waals surface area (Å²) in [5, 5.41) is 0. The lowest BCUT2D eigenvalue weighted by Gasteiger charge is -2.32. The van der Waals surface area contributed by atoms with E-state index in [1.165, 1.54) is 22.3 Å². The molecule has 0 aliphatic carbocycles. The molecule has 2 atom stereocenters. The van der Waals surface area contributed by atoms with E-state index in [4.69, 9.17) is 17.2 Å². The van der Waals surface area contributed by atoms with Gasteiger partial charge >= 0.3 is 0 Å². The number of nitrogen functional groups attached to an aromatic ring is 3. The quantitative estimate of drug-likeness (QED) is 0.252. The third-order valence-electron chi connectivity index (χ3n) is 8.48. The van der Waals surface area contributed by atoms with E-state index in [2.05, 4.69) is 97.0 Å². The van der Waals surface area contributed by atoms with Crippen LogP contribution in [0.25, 0.3) is 0 Å². The highest BCUT2D eigenvalue weighted by Gasteiger charge is 2.29. The number of rotatable bonds is 10. The average Bonchev–Trinajstić information content (AvgIpc) is 2.86. The van der Waals surface area contributed by atoms with Crippen LogP contribution in [0.3, 0.4) is 0 Å². The molecule has 3 rings (SSSR count). The van der Waals surface area contributed by atoms with Crippen molar-refractivity contribution in [2.45, 2.75) is 86.0 Å². The van der Waals surface area contributed by atoms with E-state index in [0.29, 0.717) is 17.8 Å². The van der Waals surface area contributed by atoms with Crippen LogP contribution < -0.4 is 17.2 Å². The van der Waals surface area contributed by atoms with Crippen LogP contribution in [0.15, 0.2) is 48.5 Å². The van der Waals surface area contributed by atoms with Gasteiger partial charge in [0.05, 0.1) is 0 Å². The minimum atomic E-state index is 0.230. The van der Waals surface area contributed by atoms with Crippen LogP contribution in [0.5, 0.6) is 0 Å². The minimum Gasteiger partial charge on any atom is -0.399 e. The van der Waals surface area contributed by atoms with Gasteiger partial charge in [0.15, 0.2) is 0 Å². The van der Waals surface area contributed by atoms with Crippen molar-refractivity contribution in [1.29, 1.82) is 0 Å². The Labute approximate surface area is 219 Å². The molecule has 0 saturated heterocycles. The van der Waals surface area contributed by atoms with Gasteiger partial charge in [0.2, 0.25) is 0 Å². The van der Waals surface area contributed by atoms with Gasteiger partial charge in [0.1, 0.15) is 0 Å². The second-order valence-corrected chi connectivity index (χ2v) is 10.7. The zero-order valence-electron chi connectivity index (χ0n) is 23.5. The summed E-state index contributed by atoms with van der Waals surface area (Å²) in [5.74, 6) is 1.56. The third-order valence-corrected chi connectivity index (χ3v) is 8.48. The molecule has 0 aliphatic heterocycles. The zero-order valence-corrected chi connectivity index (χ0v) is 23.5. The highest BCUT2D eigenvalue weighted by molar-refractivity contribution is 5.61. The molecule has 0 spiro atoms. The molecule has 0 heterocycles. The predicted octanol–water partition coefficient (Wildman–Crippen LogP) is 8.49. The fourth-order valence-electron chi connectivity index (χ4n) is 6.04. The first-order chi connectivity index (χ1) is 17.2. The fraction of sp³-hybridized carbons (Fsp3) is 0.455. The summed E-state index contributed by atoms with van der Waals surface area (Å²) in [6, 6.07) is 17.8. The number of aryl methyl sites for hydroxylation is 3. The SMILES string of the molecule is CCC(CC)C(c1ccc(N)c(C)c1)c1cc(C)c(N)c(C(c2ccc(N)c(C)c2)C(CC)CC)c1. The van der Waals surface area contributed by atoms with Crippen molar-refractivity contribution in [1.82, 2.24) is 0 Å². The first kappa shape index (κ1) is 27.6. The maximum atomic E-state index is 6.89. The summed E-state index contributed by atoms with van der Waals surface area (Å²) in [7, 11) is 0. The first-order valence-corrected chi connectivity index (χ1v) is 13.8. The normalized spacial score (nSPS) is 13.4. The van der Waals surface area contributed by atoms with Crippen LogP contribution in [0.1, 0.15) is 104 Å². The summed E-state index contributed by atoms with van der Waals surface area (Å²) < 4.78 is 0. The monoisotopic (exact) mass is 485 g/mol. The summed E-state index contributed by atoms with van der Waals surface area (Å²) in [4.78, 5) is 0. The Bertz CT molecular complexity index is 1170. The first-order valence-electron chi connectivity index (χ1n) is 13.8. The van der Waals surface area contributed by atoms with Crippen LogP contribution in [0.2, 0.25) is 0 Å². The Balaban J connectivity index is 2.28. The Hall–Kier alpha value is -2.94. The molecule has 0 saturated carbocycles. The van der Waals surface area contributed by atoms with Crippen molar-refractivity contribution in [3.05, 3.63) is 87.5 Å². The molecule has 0 aliphatic rings. The second-order valence-electron chi connectivity index (χ2n) is 10.7. The molecule has 0 bridgehead atoms. The molecule has 0 amide bonds. The van der Waals surface area contributed by atoms with E-state index < -0.39 is 0 Å². The van der Waals surface area contributed by atoms with Gasteiger partial charge in [-0.3, -0.25) is 0 Å². The molecule has 3 heteroatoms. The molecule has 6 N–H and O–H groups in total. The van der Waals surface area contributed by atoms with Gasteiger partial charge < -0.3 is 17.2 Å². The second kappa shape index (κ2) is 11.9. The summed E-state index contributed by atoms with van der Waals surface area (Å²) in [5.41, 5.74) is 30.6. The highest BCUT2D eigenvalue weighted by atomic mass is 14.6. The summed E-state index contributed by atoms with van der Waals surface area (Å²) >= 11 is 0. The Morgan fingerprint density at radius 1 is 0.528 bits per heavy atom. The van der Waals surface area contributed by atoms with Crippen molar-refractivity contribution >= 4 is 17.1 Å². The lowest BCUT2D eigenvalue weighted by molar-refractivity contribution is 0.431. The summed E-state index contributed by atoms with van der Waals surface area (Å²) in [6.45, 7) is 15.6. The predicted molar refractivity (Wildman–Crippen MR) is 159 cm³/mol. The molecule has 2 unspecified atom stereocenters. The molecule has 194 valence electrons. The largest absolute Gasteiger partial charge is 0.399 e. The van der Waals surface area contributed by atoms with Crippen molar-refractivity contribution in [2.75, 3.05) is 17.2 Å². The van der Waals surface area contributed by atoms with E-state index in [0.717, 1.165) is 59.4 Å². The van der Waals surface area contributed by atoms with E-state index >= 15 is 0 Å². The molecule has 3 aromatic carbocycles. The minimum absolute atomic E-state index is 0.230. The molecular weight excluding hydrogens is 438 g/mol. The standard InChI is InChI=1S/C33H47N3/c1-8-23(9-2)31(25-12-14-29(34)20(5)16-25)27-18-22(7)33(36)28(19-27)32(24(10-3)11-4)26-13-15-30(35)21(6)17-26/h12-19,23-24,31-32H,8-11,34-36H2,1-7H3. The molecule has 3 nitrogen and oxygen atoms in total. The van der Waals surface area contributed by atoms with Gasteiger partial charge in [-0.1, -0.05) is 89.8 Å². The van der Waals surface area contributed by atoms with E-state index in [1.54, 1.807) is 0 Å². The molecular formula is C33H47N3. The van der Waals surface area contributed by atoms with Crippen LogP contribution in [0.4, 0.5) is 17.1 Å². The average molecular weight is 486 g/mol. The van der Waals surface area contributed by atoms with Crippen LogP contribution >= 0.6 is 0 Å². The van der Waals surface area contributed by atoms with E-state index in [1.807, 2.05) is 0 Å². The zero-order chi connectivity index (χ0) is 26.6. The van der Waals surface area contributed by atoms with Gasteiger partial charge in [0.25, 0.3) is 0 Å². The van der Waals surface area contributed by atoms with Crippen molar-refractivity contribution in [3.8, 4) is 0 Å². The van der Waals surface area contributed by atoms with Crippen molar-refractivity contribution in [2.24, 2.45) is 11.8 Å². The smallest absolute Gasteiger partial charge is 0.0382 e. The maximum absolute atomic E-state index is 6.89. The van der Waals surface area contributed by atoms with Crippen LogP contribution in [-0.4, -0.2) is 0 Å². The Kier molecular flexibility index (Phi) is 9.11. The Morgan fingerprint density at radius 2 is 0.944 bits per heavy atom. The molecule has 3 aromatic rings. The number of hydrogen-bond donors (Lipinski definition) is 3. The van der Waals surface area contributed by atoms with Gasteiger partial charge in [-0.15, -0.1) is 0 Å². The molecule has 0 radical (unpaired) electrons. The lowest BCUT2D eigenvalue weighted by Crippen LogP contribution is -2.19. The van der Waals surface area contributed by atoms with Crippen LogP contribution in [0, 0.1) is 32.6 Å². The number of hydrogen-bond acceptors (Lipinski definition) is 3.